The Morgan fingerprint density at radius 1 is 1.28 bits per heavy atom. The highest BCUT2D eigenvalue weighted by molar-refractivity contribution is 5.90. The summed E-state index contributed by atoms with van der Waals surface area (Å²) in [7, 11) is 1.67. The maximum Gasteiger partial charge on any atom is 0.318 e. The molecule has 0 aromatic heterocycles. The van der Waals surface area contributed by atoms with Crippen molar-refractivity contribution in [2.75, 3.05) is 11.9 Å². The van der Waals surface area contributed by atoms with Crippen molar-refractivity contribution in [1.82, 2.24) is 0 Å². The lowest BCUT2D eigenvalue weighted by molar-refractivity contribution is 0.255. The Bertz CT molecular complexity index is 438. The summed E-state index contributed by atoms with van der Waals surface area (Å²) < 4.78 is 0. The van der Waals surface area contributed by atoms with Gasteiger partial charge in [-0.25, -0.2) is 4.79 Å². The number of hydrogen-bond acceptors (Lipinski definition) is 2. The van der Waals surface area contributed by atoms with Gasteiger partial charge >= 0.3 is 6.03 Å². The van der Waals surface area contributed by atoms with Gasteiger partial charge < -0.3 is 11.5 Å². The first kappa shape index (κ1) is 12.9. The molecule has 4 heteroatoms. The smallest absolute Gasteiger partial charge is 0.318 e. The summed E-state index contributed by atoms with van der Waals surface area (Å²) in [6.45, 7) is 0. The minimum atomic E-state index is -0.457. The molecule has 0 unspecified atom stereocenters. The standard InChI is InChI=1S/C14H21N3O/c1-17(13(15)18)12-7-5-6-11(10-12)14(16)8-3-2-4-9-14/h5-7,10H,2-4,8-9,16H2,1H3,(H2,15,18). The normalized spacial score (nSPS) is 18.3. The number of carbonyl (C=O) groups excluding carboxylic acids is 1. The van der Waals surface area contributed by atoms with E-state index in [-0.39, 0.29) is 5.54 Å². The van der Waals surface area contributed by atoms with Crippen LogP contribution in [0.1, 0.15) is 37.7 Å². The second-order valence-electron chi connectivity index (χ2n) is 5.16. The van der Waals surface area contributed by atoms with Gasteiger partial charge in [0.2, 0.25) is 0 Å². The Morgan fingerprint density at radius 2 is 1.94 bits per heavy atom. The summed E-state index contributed by atoms with van der Waals surface area (Å²) in [6.07, 6.45) is 5.63. The van der Waals surface area contributed by atoms with Crippen molar-refractivity contribution in [2.24, 2.45) is 11.5 Å². The molecule has 1 aliphatic carbocycles. The van der Waals surface area contributed by atoms with Gasteiger partial charge in [-0.2, -0.15) is 0 Å². The molecule has 1 saturated carbocycles. The Hall–Kier alpha value is -1.55. The van der Waals surface area contributed by atoms with E-state index in [1.54, 1.807) is 7.05 Å². The zero-order valence-electron chi connectivity index (χ0n) is 10.9. The van der Waals surface area contributed by atoms with Crippen LogP contribution in [0.5, 0.6) is 0 Å². The third kappa shape index (κ3) is 2.48. The molecule has 0 saturated heterocycles. The number of nitrogens with zero attached hydrogens (tertiary/aromatic N) is 1. The zero-order valence-corrected chi connectivity index (χ0v) is 10.9. The number of anilines is 1. The number of rotatable bonds is 2. The van der Waals surface area contributed by atoms with E-state index in [2.05, 4.69) is 0 Å². The lowest BCUT2D eigenvalue weighted by atomic mass is 9.77. The third-order valence-electron chi connectivity index (χ3n) is 3.88. The Balaban J connectivity index is 2.29. The van der Waals surface area contributed by atoms with Crippen LogP contribution in [0.25, 0.3) is 0 Å². The van der Waals surface area contributed by atoms with E-state index >= 15 is 0 Å². The number of hydrogen-bond donors (Lipinski definition) is 2. The van der Waals surface area contributed by atoms with E-state index in [1.807, 2.05) is 24.3 Å². The predicted molar refractivity (Wildman–Crippen MR) is 73.4 cm³/mol. The Labute approximate surface area is 108 Å². The summed E-state index contributed by atoms with van der Waals surface area (Å²) in [6, 6.07) is 7.38. The highest BCUT2D eigenvalue weighted by Crippen LogP contribution is 2.35. The van der Waals surface area contributed by atoms with Crippen molar-refractivity contribution in [2.45, 2.75) is 37.6 Å². The van der Waals surface area contributed by atoms with E-state index in [4.69, 9.17) is 11.5 Å². The fourth-order valence-corrected chi connectivity index (χ4v) is 2.62. The first-order valence-corrected chi connectivity index (χ1v) is 6.45. The average Bonchev–Trinajstić information content (AvgIpc) is 2.39. The first-order valence-electron chi connectivity index (χ1n) is 6.45. The number of carbonyl (C=O) groups is 1. The molecule has 1 aromatic rings. The van der Waals surface area contributed by atoms with Gasteiger partial charge in [0.05, 0.1) is 0 Å². The summed E-state index contributed by atoms with van der Waals surface area (Å²) >= 11 is 0. The molecule has 98 valence electrons. The molecule has 2 rings (SSSR count). The summed E-state index contributed by atoms with van der Waals surface area (Å²) in [5.74, 6) is 0. The van der Waals surface area contributed by atoms with E-state index in [9.17, 15) is 4.79 Å². The van der Waals surface area contributed by atoms with Crippen molar-refractivity contribution in [3.05, 3.63) is 29.8 Å². The number of urea groups is 1. The molecule has 0 radical (unpaired) electrons. The van der Waals surface area contributed by atoms with Gasteiger partial charge in [-0.3, -0.25) is 4.90 Å². The third-order valence-corrected chi connectivity index (χ3v) is 3.88. The van der Waals surface area contributed by atoms with Crippen LogP contribution in [0.3, 0.4) is 0 Å². The second kappa shape index (κ2) is 4.98. The van der Waals surface area contributed by atoms with Crippen LogP contribution in [-0.4, -0.2) is 13.1 Å². The number of primary amides is 1. The molecule has 0 spiro atoms. The maximum absolute atomic E-state index is 11.2. The first-order chi connectivity index (χ1) is 8.53. The average molecular weight is 247 g/mol. The van der Waals surface area contributed by atoms with Crippen LogP contribution in [0, 0.1) is 0 Å². The van der Waals surface area contributed by atoms with Crippen molar-refractivity contribution < 1.29 is 4.79 Å². The minimum Gasteiger partial charge on any atom is -0.351 e. The molecule has 0 atom stereocenters. The van der Waals surface area contributed by atoms with Crippen molar-refractivity contribution in [3.8, 4) is 0 Å². The van der Waals surface area contributed by atoms with Crippen molar-refractivity contribution in [1.29, 1.82) is 0 Å². The molecular formula is C14H21N3O. The predicted octanol–water partition coefficient (Wildman–Crippen LogP) is 2.32. The molecule has 18 heavy (non-hydrogen) atoms. The molecule has 1 aromatic carbocycles. The molecule has 0 bridgehead atoms. The maximum atomic E-state index is 11.2. The lowest BCUT2D eigenvalue weighted by Gasteiger charge is -2.34. The minimum absolute atomic E-state index is 0.243. The quantitative estimate of drug-likeness (QED) is 0.841. The highest BCUT2D eigenvalue weighted by Gasteiger charge is 2.29. The monoisotopic (exact) mass is 247 g/mol. The van der Waals surface area contributed by atoms with E-state index in [0.717, 1.165) is 24.1 Å². The van der Waals surface area contributed by atoms with Gasteiger partial charge in [0.15, 0.2) is 0 Å². The largest absolute Gasteiger partial charge is 0.351 e. The molecule has 1 fully saturated rings. The van der Waals surface area contributed by atoms with E-state index in [0.29, 0.717) is 0 Å². The molecule has 0 heterocycles. The van der Waals surface area contributed by atoms with Crippen LogP contribution in [0.15, 0.2) is 24.3 Å². The van der Waals surface area contributed by atoms with E-state index in [1.165, 1.54) is 24.2 Å². The van der Waals surface area contributed by atoms with Crippen molar-refractivity contribution >= 4 is 11.7 Å². The number of amides is 2. The summed E-state index contributed by atoms with van der Waals surface area (Å²) in [5.41, 5.74) is 13.4. The van der Waals surface area contributed by atoms with Gasteiger partial charge in [-0.05, 0) is 30.5 Å². The van der Waals surface area contributed by atoms with E-state index < -0.39 is 6.03 Å². The topological polar surface area (TPSA) is 72.3 Å². The lowest BCUT2D eigenvalue weighted by Crippen LogP contribution is -2.39. The molecular weight excluding hydrogens is 226 g/mol. The number of nitrogens with two attached hydrogens (primary N) is 2. The number of benzene rings is 1. The summed E-state index contributed by atoms with van der Waals surface area (Å²) in [5, 5.41) is 0. The van der Waals surface area contributed by atoms with Crippen LogP contribution in [0.2, 0.25) is 0 Å². The SMILES string of the molecule is CN(C(N)=O)c1cccc(C2(N)CCCCC2)c1. The Kier molecular flexibility index (Phi) is 3.57. The highest BCUT2D eigenvalue weighted by atomic mass is 16.2. The molecule has 0 aliphatic heterocycles. The van der Waals surface area contributed by atoms with Crippen LogP contribution < -0.4 is 16.4 Å². The van der Waals surface area contributed by atoms with Gasteiger partial charge in [0, 0.05) is 18.3 Å². The van der Waals surface area contributed by atoms with Crippen LogP contribution >= 0.6 is 0 Å². The van der Waals surface area contributed by atoms with Crippen molar-refractivity contribution in [3.63, 3.8) is 0 Å². The zero-order chi connectivity index (χ0) is 13.2. The second-order valence-corrected chi connectivity index (χ2v) is 5.16. The van der Waals surface area contributed by atoms with Gasteiger partial charge in [-0.15, -0.1) is 0 Å². The fraction of sp³-hybridized carbons (Fsp3) is 0.500. The van der Waals surface area contributed by atoms with Gasteiger partial charge in [0.1, 0.15) is 0 Å². The van der Waals surface area contributed by atoms with Gasteiger partial charge in [0.25, 0.3) is 0 Å². The summed E-state index contributed by atoms with van der Waals surface area (Å²) in [4.78, 5) is 12.6. The van der Waals surface area contributed by atoms with Crippen LogP contribution in [0.4, 0.5) is 10.5 Å². The molecule has 1 aliphatic rings. The Morgan fingerprint density at radius 3 is 2.56 bits per heavy atom. The van der Waals surface area contributed by atoms with Crippen LogP contribution in [-0.2, 0) is 5.54 Å². The molecule has 4 N–H and O–H groups in total. The molecule has 4 nitrogen and oxygen atoms in total. The fourth-order valence-electron chi connectivity index (χ4n) is 2.62. The molecule has 2 amide bonds. The van der Waals surface area contributed by atoms with Gasteiger partial charge in [-0.1, -0.05) is 31.4 Å².